The van der Waals surface area contributed by atoms with Gasteiger partial charge >= 0.3 is 0 Å². The van der Waals surface area contributed by atoms with Crippen molar-refractivity contribution in [1.82, 2.24) is 5.32 Å². The second-order valence-corrected chi connectivity index (χ2v) is 4.86. The molecule has 4 nitrogen and oxygen atoms in total. The number of nitrogen functional groups attached to an aromatic ring is 1. The van der Waals surface area contributed by atoms with Crippen molar-refractivity contribution in [3.63, 3.8) is 0 Å². The van der Waals surface area contributed by atoms with Crippen molar-refractivity contribution < 1.29 is 9.21 Å². The van der Waals surface area contributed by atoms with Gasteiger partial charge in [-0.15, -0.1) is 0 Å². The Kier molecular flexibility index (Phi) is 4.02. The second-order valence-electron chi connectivity index (χ2n) is 4.07. The van der Waals surface area contributed by atoms with Crippen LogP contribution in [-0.4, -0.2) is 5.91 Å². The molecule has 0 aliphatic heterocycles. The van der Waals surface area contributed by atoms with E-state index in [1.165, 1.54) is 12.1 Å². The number of nitrogens with one attached hydrogen (secondary N) is 1. The van der Waals surface area contributed by atoms with Gasteiger partial charge in [0.1, 0.15) is 5.76 Å². The van der Waals surface area contributed by atoms with Crippen LogP contribution in [0.2, 0.25) is 10.0 Å². The molecule has 1 amide bonds. The molecular formula is C13H12Cl2N2O2. The molecule has 1 aromatic carbocycles. The monoisotopic (exact) mass is 298 g/mol. The number of carbonyl (C=O) groups is 1. The Labute approximate surface area is 120 Å². The number of nitrogens with two attached hydrogens (primary N) is 1. The van der Waals surface area contributed by atoms with E-state index < -0.39 is 0 Å². The third-order valence-electron chi connectivity index (χ3n) is 2.61. The van der Waals surface area contributed by atoms with Crippen molar-refractivity contribution in [3.8, 4) is 0 Å². The van der Waals surface area contributed by atoms with Gasteiger partial charge in [0.2, 0.25) is 0 Å². The minimum absolute atomic E-state index is 0.181. The summed E-state index contributed by atoms with van der Waals surface area (Å²) in [7, 11) is 0. The fourth-order valence-electron chi connectivity index (χ4n) is 1.66. The molecule has 19 heavy (non-hydrogen) atoms. The molecule has 0 spiro atoms. The molecule has 1 aromatic heterocycles. The maximum atomic E-state index is 12.1. The molecule has 1 atom stereocenters. The predicted octanol–water partition coefficient (Wildman–Crippen LogP) is 3.66. The van der Waals surface area contributed by atoms with E-state index in [2.05, 4.69) is 5.32 Å². The number of benzene rings is 1. The molecule has 0 saturated heterocycles. The average molecular weight is 299 g/mol. The summed E-state index contributed by atoms with van der Waals surface area (Å²) in [6.07, 6.45) is 1.54. The molecule has 0 bridgehead atoms. The molecule has 1 unspecified atom stereocenters. The van der Waals surface area contributed by atoms with Crippen molar-refractivity contribution in [3.05, 3.63) is 51.9 Å². The quantitative estimate of drug-likeness (QED) is 0.850. The summed E-state index contributed by atoms with van der Waals surface area (Å²) in [5.41, 5.74) is 6.27. The molecule has 0 aliphatic carbocycles. The van der Waals surface area contributed by atoms with Crippen LogP contribution >= 0.6 is 23.2 Å². The lowest BCUT2D eigenvalue weighted by Gasteiger charge is -2.13. The lowest BCUT2D eigenvalue weighted by Crippen LogP contribution is -2.26. The number of anilines is 1. The lowest BCUT2D eigenvalue weighted by molar-refractivity contribution is 0.0935. The predicted molar refractivity (Wildman–Crippen MR) is 75.5 cm³/mol. The highest BCUT2D eigenvalue weighted by Crippen LogP contribution is 2.29. The molecule has 2 rings (SSSR count). The minimum atomic E-state index is -0.358. The number of hydrogen-bond donors (Lipinski definition) is 2. The van der Waals surface area contributed by atoms with Gasteiger partial charge in [0, 0.05) is 5.69 Å². The van der Waals surface area contributed by atoms with E-state index in [0.29, 0.717) is 11.4 Å². The summed E-state index contributed by atoms with van der Waals surface area (Å²) >= 11 is 11.9. The number of halogens is 2. The molecule has 0 saturated carbocycles. The highest BCUT2D eigenvalue weighted by molar-refractivity contribution is 6.44. The minimum Gasteiger partial charge on any atom is -0.467 e. The molecule has 0 radical (unpaired) electrons. The number of rotatable bonds is 3. The van der Waals surface area contributed by atoms with Gasteiger partial charge in [0.25, 0.3) is 5.91 Å². The third-order valence-corrected chi connectivity index (χ3v) is 3.41. The summed E-state index contributed by atoms with van der Waals surface area (Å²) in [5, 5.41) is 3.19. The molecule has 1 heterocycles. The van der Waals surface area contributed by atoms with Crippen LogP contribution in [0.4, 0.5) is 5.69 Å². The van der Waals surface area contributed by atoms with Crippen LogP contribution in [0.25, 0.3) is 0 Å². The summed E-state index contributed by atoms with van der Waals surface area (Å²) < 4.78 is 5.21. The SMILES string of the molecule is CC(NC(=O)c1cc(N)cc(Cl)c1Cl)c1ccco1. The summed E-state index contributed by atoms with van der Waals surface area (Å²) in [5.74, 6) is 0.294. The van der Waals surface area contributed by atoms with Crippen LogP contribution in [0.15, 0.2) is 34.9 Å². The smallest absolute Gasteiger partial charge is 0.253 e. The first-order valence-electron chi connectivity index (χ1n) is 5.58. The van der Waals surface area contributed by atoms with Crippen molar-refractivity contribution in [2.45, 2.75) is 13.0 Å². The first kappa shape index (κ1) is 13.8. The normalized spacial score (nSPS) is 12.2. The van der Waals surface area contributed by atoms with Gasteiger partial charge in [-0.1, -0.05) is 23.2 Å². The van der Waals surface area contributed by atoms with Gasteiger partial charge in [-0.25, -0.2) is 0 Å². The Morgan fingerprint density at radius 1 is 1.42 bits per heavy atom. The van der Waals surface area contributed by atoms with Crippen LogP contribution in [0.5, 0.6) is 0 Å². The van der Waals surface area contributed by atoms with E-state index in [1.54, 1.807) is 25.3 Å². The molecular weight excluding hydrogens is 287 g/mol. The summed E-state index contributed by atoms with van der Waals surface area (Å²) in [4.78, 5) is 12.1. The standard InChI is InChI=1S/C13H12Cl2N2O2/c1-7(11-3-2-4-19-11)17-13(18)9-5-8(16)6-10(14)12(9)15/h2-7H,16H2,1H3,(H,17,18). The van der Waals surface area contributed by atoms with Gasteiger partial charge < -0.3 is 15.5 Å². The van der Waals surface area contributed by atoms with Gasteiger partial charge in [-0.2, -0.15) is 0 Å². The topological polar surface area (TPSA) is 68.3 Å². The maximum Gasteiger partial charge on any atom is 0.253 e. The molecule has 100 valence electrons. The van der Waals surface area contributed by atoms with Crippen LogP contribution in [0.1, 0.15) is 29.1 Å². The molecule has 0 aliphatic rings. The first-order chi connectivity index (χ1) is 8.99. The highest BCUT2D eigenvalue weighted by Gasteiger charge is 2.17. The number of hydrogen-bond acceptors (Lipinski definition) is 3. The Morgan fingerprint density at radius 3 is 2.79 bits per heavy atom. The fraction of sp³-hybridized carbons (Fsp3) is 0.154. The van der Waals surface area contributed by atoms with Crippen LogP contribution < -0.4 is 11.1 Å². The molecule has 2 aromatic rings. The lowest BCUT2D eigenvalue weighted by atomic mass is 10.1. The van der Waals surface area contributed by atoms with E-state index in [4.69, 9.17) is 33.4 Å². The second kappa shape index (κ2) is 5.55. The average Bonchev–Trinajstić information content (AvgIpc) is 2.87. The van der Waals surface area contributed by atoms with Gasteiger partial charge in [0.05, 0.1) is 27.9 Å². The Bertz CT molecular complexity index is 597. The van der Waals surface area contributed by atoms with Crippen molar-refractivity contribution in [2.75, 3.05) is 5.73 Å². The van der Waals surface area contributed by atoms with Crippen LogP contribution in [0, 0.1) is 0 Å². The summed E-state index contributed by atoms with van der Waals surface area (Å²) in [6, 6.07) is 6.23. The Hall–Kier alpha value is -1.65. The maximum absolute atomic E-state index is 12.1. The number of amides is 1. The molecule has 6 heteroatoms. The van der Waals surface area contributed by atoms with Gasteiger partial charge in [0.15, 0.2) is 0 Å². The van der Waals surface area contributed by atoms with Gasteiger partial charge in [-0.05, 0) is 31.2 Å². The van der Waals surface area contributed by atoms with Gasteiger partial charge in [-0.3, -0.25) is 4.79 Å². The summed E-state index contributed by atoms with van der Waals surface area (Å²) in [6.45, 7) is 1.80. The van der Waals surface area contributed by atoms with Crippen LogP contribution in [-0.2, 0) is 0 Å². The molecule has 0 fully saturated rings. The van der Waals surface area contributed by atoms with Crippen molar-refractivity contribution in [1.29, 1.82) is 0 Å². The fourth-order valence-corrected chi connectivity index (χ4v) is 2.08. The van der Waals surface area contributed by atoms with Crippen LogP contribution in [0.3, 0.4) is 0 Å². The first-order valence-corrected chi connectivity index (χ1v) is 6.33. The zero-order valence-corrected chi connectivity index (χ0v) is 11.6. The van der Waals surface area contributed by atoms with Crippen molar-refractivity contribution in [2.24, 2.45) is 0 Å². The van der Waals surface area contributed by atoms with E-state index in [9.17, 15) is 4.79 Å². The largest absolute Gasteiger partial charge is 0.467 e. The molecule has 3 N–H and O–H groups in total. The van der Waals surface area contributed by atoms with E-state index in [-0.39, 0.29) is 27.6 Å². The van der Waals surface area contributed by atoms with E-state index in [0.717, 1.165) is 0 Å². The Balaban J connectivity index is 2.21. The highest BCUT2D eigenvalue weighted by atomic mass is 35.5. The van der Waals surface area contributed by atoms with E-state index >= 15 is 0 Å². The van der Waals surface area contributed by atoms with E-state index in [1.807, 2.05) is 0 Å². The number of carbonyl (C=O) groups excluding carboxylic acids is 1. The van der Waals surface area contributed by atoms with Crippen molar-refractivity contribution >= 4 is 34.8 Å². The third kappa shape index (κ3) is 3.03. The number of furan rings is 1. The zero-order valence-electron chi connectivity index (χ0n) is 10.1. The zero-order chi connectivity index (χ0) is 14.0. The Morgan fingerprint density at radius 2 is 2.16 bits per heavy atom.